The van der Waals surface area contributed by atoms with Gasteiger partial charge in [-0.1, -0.05) is 0 Å². The van der Waals surface area contributed by atoms with Crippen LogP contribution in [0.15, 0.2) is 9.59 Å². The normalized spacial score (nSPS) is 9.00. The van der Waals surface area contributed by atoms with E-state index >= 15 is 0 Å². The monoisotopic (exact) mass is 168 g/mol. The first-order valence-corrected chi connectivity index (χ1v) is 3.61. The maximum absolute atomic E-state index is 10.4. The number of carbonyl (C=O) groups is 1. The van der Waals surface area contributed by atoms with Crippen LogP contribution < -0.4 is 10.9 Å². The number of rotatable bonds is 0. The van der Waals surface area contributed by atoms with Crippen LogP contribution in [0.4, 0.5) is 0 Å². The van der Waals surface area contributed by atoms with E-state index < -0.39 is 0 Å². The van der Waals surface area contributed by atoms with E-state index in [1.54, 1.807) is 13.8 Å². The van der Waals surface area contributed by atoms with Crippen LogP contribution in [0.25, 0.3) is 0 Å². The molecule has 0 amide bonds. The van der Waals surface area contributed by atoms with Crippen molar-refractivity contribution in [1.29, 1.82) is 0 Å². The first kappa shape index (κ1) is 10.8. The van der Waals surface area contributed by atoms with Crippen molar-refractivity contribution in [3.05, 3.63) is 31.6 Å². The van der Waals surface area contributed by atoms with Crippen LogP contribution in [0, 0.1) is 13.8 Å². The first-order chi connectivity index (χ1) is 5.37. The maximum atomic E-state index is 10.4. The molecule has 3 nitrogen and oxygen atoms in total. The molecule has 66 valence electrons. The summed E-state index contributed by atoms with van der Waals surface area (Å²) in [6.45, 7) is 6.39. The summed E-state index contributed by atoms with van der Waals surface area (Å²) in [5.74, 6) is 0.167. The van der Waals surface area contributed by atoms with Gasteiger partial charge in [-0.15, -0.1) is 0 Å². The Labute approximate surface area is 70.7 Å². The Hall–Kier alpha value is -1.25. The fourth-order valence-corrected chi connectivity index (χ4v) is 0.619. The Bertz CT molecular complexity index is 320. The van der Waals surface area contributed by atoms with Crippen LogP contribution in [0.3, 0.4) is 0 Å². The lowest BCUT2D eigenvalue weighted by Crippen LogP contribution is -2.36. The molecule has 1 rings (SSSR count). The van der Waals surface area contributed by atoms with E-state index in [-0.39, 0.29) is 16.6 Å². The number of hydrogen-bond acceptors (Lipinski definition) is 3. The molecule has 0 aliphatic heterocycles. The molecule has 0 N–H and O–H groups in total. The summed E-state index contributed by atoms with van der Waals surface area (Å²) in [6, 6.07) is 0. The van der Waals surface area contributed by atoms with Crippen LogP contribution in [0.5, 0.6) is 0 Å². The van der Waals surface area contributed by atoms with Gasteiger partial charge in [0.2, 0.25) is 10.9 Å². The van der Waals surface area contributed by atoms with Crippen molar-refractivity contribution in [1.82, 2.24) is 0 Å². The Morgan fingerprint density at radius 1 is 0.917 bits per heavy atom. The lowest BCUT2D eigenvalue weighted by Gasteiger charge is -1.95. The average Bonchev–Trinajstić information content (AvgIpc) is 2.00. The highest BCUT2D eigenvalue weighted by Gasteiger charge is 2.09. The minimum Gasteiger partial charge on any atom is -0.300 e. The summed E-state index contributed by atoms with van der Waals surface area (Å²) in [5.41, 5.74) is 0.606. The van der Waals surface area contributed by atoms with Crippen molar-refractivity contribution in [2.24, 2.45) is 0 Å². The zero-order chi connectivity index (χ0) is 9.89. The summed E-state index contributed by atoms with van der Waals surface area (Å²) in [5, 5.41) is 0. The maximum Gasteiger partial charge on any atom is 0.229 e. The van der Waals surface area contributed by atoms with Crippen molar-refractivity contribution in [3.8, 4) is 0 Å². The molecule has 12 heavy (non-hydrogen) atoms. The van der Waals surface area contributed by atoms with Crippen molar-refractivity contribution in [2.75, 3.05) is 0 Å². The molecule has 0 aromatic heterocycles. The molecule has 0 aliphatic carbocycles. The van der Waals surface area contributed by atoms with Crippen LogP contribution in [0.2, 0.25) is 0 Å². The highest BCUT2D eigenvalue weighted by atomic mass is 16.2. The van der Waals surface area contributed by atoms with Gasteiger partial charge in [0.1, 0.15) is 5.78 Å². The van der Waals surface area contributed by atoms with Gasteiger partial charge in [0.15, 0.2) is 0 Å². The van der Waals surface area contributed by atoms with Gasteiger partial charge in [-0.05, 0) is 27.7 Å². The second kappa shape index (κ2) is 3.95. The van der Waals surface area contributed by atoms with E-state index in [0.29, 0.717) is 11.1 Å². The van der Waals surface area contributed by atoms with Gasteiger partial charge in [0, 0.05) is 11.1 Å². The molecule has 0 aliphatic rings. The van der Waals surface area contributed by atoms with Crippen LogP contribution in [0.1, 0.15) is 25.0 Å². The molecule has 0 fully saturated rings. The SMILES string of the molecule is CC(C)=O.Cc1c(C)c(=O)c1=O. The summed E-state index contributed by atoms with van der Waals surface area (Å²) in [7, 11) is 0. The van der Waals surface area contributed by atoms with Gasteiger partial charge >= 0.3 is 0 Å². The molecule has 1 aromatic carbocycles. The first-order valence-electron chi connectivity index (χ1n) is 3.61. The lowest BCUT2D eigenvalue weighted by atomic mass is 10.1. The molecule has 0 atom stereocenters. The Morgan fingerprint density at radius 3 is 1.17 bits per heavy atom. The zero-order valence-electron chi connectivity index (χ0n) is 7.72. The lowest BCUT2D eigenvalue weighted by molar-refractivity contribution is -0.114. The molecule has 0 saturated carbocycles. The molecule has 3 heteroatoms. The predicted octanol–water partition coefficient (Wildman–Crippen LogP) is 0.495. The third-order valence-electron chi connectivity index (χ3n) is 1.45. The van der Waals surface area contributed by atoms with E-state index in [0.717, 1.165) is 0 Å². The number of ketones is 1. The molecule has 0 saturated heterocycles. The van der Waals surface area contributed by atoms with Crippen molar-refractivity contribution in [3.63, 3.8) is 0 Å². The van der Waals surface area contributed by atoms with Crippen LogP contribution >= 0.6 is 0 Å². The molecule has 0 spiro atoms. The number of Topliss-reactive ketones (excluding diaryl/α,β-unsaturated/α-hetero) is 1. The highest BCUT2D eigenvalue weighted by molar-refractivity contribution is 5.72. The predicted molar refractivity (Wildman–Crippen MR) is 47.2 cm³/mol. The van der Waals surface area contributed by atoms with Gasteiger partial charge in [-0.3, -0.25) is 9.59 Å². The Balaban J connectivity index is 0.000000261. The summed E-state index contributed by atoms with van der Waals surface area (Å²) in [6.07, 6.45) is 0. The van der Waals surface area contributed by atoms with Gasteiger partial charge in [0.05, 0.1) is 0 Å². The largest absolute Gasteiger partial charge is 0.300 e. The van der Waals surface area contributed by atoms with Crippen LogP contribution in [-0.4, -0.2) is 5.78 Å². The molecule has 0 radical (unpaired) electrons. The summed E-state index contributed by atoms with van der Waals surface area (Å²) >= 11 is 0. The van der Waals surface area contributed by atoms with E-state index in [1.165, 1.54) is 13.8 Å². The molecule has 1 aromatic rings. The van der Waals surface area contributed by atoms with E-state index in [9.17, 15) is 14.4 Å². The van der Waals surface area contributed by atoms with Crippen molar-refractivity contribution >= 4 is 5.78 Å². The third-order valence-corrected chi connectivity index (χ3v) is 1.45. The second-order valence-corrected chi connectivity index (χ2v) is 2.82. The highest BCUT2D eigenvalue weighted by Crippen LogP contribution is 1.91. The molecule has 0 bridgehead atoms. The Morgan fingerprint density at radius 2 is 1.08 bits per heavy atom. The van der Waals surface area contributed by atoms with E-state index in [2.05, 4.69) is 0 Å². The molecule has 0 unspecified atom stereocenters. The van der Waals surface area contributed by atoms with Gasteiger partial charge in [-0.25, -0.2) is 0 Å². The standard InChI is InChI=1S/C6H6O2.C3H6O/c1-3-4(2)6(8)5(3)7;1-3(2)4/h1-2H3;1-2H3. The molecular formula is C9H12O3. The van der Waals surface area contributed by atoms with E-state index in [4.69, 9.17) is 0 Å². The average molecular weight is 168 g/mol. The quantitative estimate of drug-likeness (QED) is 0.530. The minimum atomic E-state index is -0.317. The third kappa shape index (κ3) is 2.42. The minimum absolute atomic E-state index is 0.167. The Kier molecular flexibility index (Phi) is 3.54. The fourth-order valence-electron chi connectivity index (χ4n) is 0.619. The summed E-state index contributed by atoms with van der Waals surface area (Å²) in [4.78, 5) is 30.2. The molecular weight excluding hydrogens is 156 g/mol. The van der Waals surface area contributed by atoms with Crippen molar-refractivity contribution < 1.29 is 4.79 Å². The second-order valence-electron chi connectivity index (χ2n) is 2.82. The van der Waals surface area contributed by atoms with E-state index in [1.807, 2.05) is 0 Å². The summed E-state index contributed by atoms with van der Waals surface area (Å²) < 4.78 is 0. The van der Waals surface area contributed by atoms with Gasteiger partial charge in [0.25, 0.3) is 0 Å². The van der Waals surface area contributed by atoms with Gasteiger partial charge in [-0.2, -0.15) is 0 Å². The number of hydrogen-bond donors (Lipinski definition) is 0. The number of carbonyl (C=O) groups excluding carboxylic acids is 1. The fraction of sp³-hybridized carbons (Fsp3) is 0.444. The zero-order valence-corrected chi connectivity index (χ0v) is 7.72. The smallest absolute Gasteiger partial charge is 0.229 e. The molecule has 0 heterocycles. The van der Waals surface area contributed by atoms with Gasteiger partial charge < -0.3 is 4.79 Å². The van der Waals surface area contributed by atoms with Crippen molar-refractivity contribution in [2.45, 2.75) is 27.7 Å². The van der Waals surface area contributed by atoms with Crippen LogP contribution in [-0.2, 0) is 4.79 Å². The topological polar surface area (TPSA) is 51.2 Å².